The van der Waals surface area contributed by atoms with Crippen LogP contribution >= 0.6 is 0 Å². The lowest BCUT2D eigenvalue weighted by Gasteiger charge is -2.65. The molecule has 0 radical (unpaired) electrons. The maximum absolute atomic E-state index is 12.6. The van der Waals surface area contributed by atoms with Gasteiger partial charge >= 0.3 is 5.97 Å². The molecule has 1 aromatic carbocycles. The largest absolute Gasteiger partial charge is 0.469 e. The second-order valence-corrected chi connectivity index (χ2v) is 8.24. The van der Waals surface area contributed by atoms with Gasteiger partial charge in [0.2, 0.25) is 0 Å². The van der Waals surface area contributed by atoms with Crippen LogP contribution in [0.2, 0.25) is 0 Å². The molecule has 4 saturated carbocycles. The predicted octanol–water partition coefficient (Wildman–Crippen LogP) is 4.09. The number of hydrogen-bond acceptors (Lipinski definition) is 2. The van der Waals surface area contributed by atoms with Crippen LogP contribution in [0.15, 0.2) is 30.3 Å². The fourth-order valence-corrected chi connectivity index (χ4v) is 6.48. The fourth-order valence-electron chi connectivity index (χ4n) is 6.48. The molecule has 4 atom stereocenters. The molecule has 0 N–H and O–H groups in total. The molecule has 1 aromatic rings. The molecular weight excluding hydrogens is 260 g/mol. The number of benzene rings is 1. The predicted molar refractivity (Wildman–Crippen MR) is 81.9 cm³/mol. The van der Waals surface area contributed by atoms with Crippen LogP contribution < -0.4 is 0 Å². The highest BCUT2D eigenvalue weighted by Crippen LogP contribution is 2.70. The first kappa shape index (κ1) is 13.4. The first-order chi connectivity index (χ1) is 9.99. The normalized spacial score (nSPS) is 43.8. The lowest BCUT2D eigenvalue weighted by atomic mass is 9.39. The molecule has 4 bridgehead atoms. The number of hydrogen-bond donors (Lipinski definition) is 0. The van der Waals surface area contributed by atoms with Crippen LogP contribution in [0, 0.1) is 16.7 Å². The molecule has 0 amide bonds. The van der Waals surface area contributed by atoms with E-state index >= 15 is 0 Å². The molecule has 112 valence electrons. The average molecular weight is 284 g/mol. The van der Waals surface area contributed by atoms with Gasteiger partial charge in [0.15, 0.2) is 0 Å². The minimum absolute atomic E-state index is 0.0399. The molecule has 0 aromatic heterocycles. The third kappa shape index (κ3) is 1.81. The van der Waals surface area contributed by atoms with Gasteiger partial charge < -0.3 is 4.74 Å². The van der Waals surface area contributed by atoms with Gasteiger partial charge in [0, 0.05) is 0 Å². The van der Waals surface area contributed by atoms with Crippen molar-refractivity contribution in [3.8, 4) is 0 Å². The molecule has 21 heavy (non-hydrogen) atoms. The molecule has 2 nitrogen and oxygen atoms in total. The summed E-state index contributed by atoms with van der Waals surface area (Å²) in [5.74, 6) is 0.726. The number of ether oxygens (including phenoxy) is 1. The summed E-state index contributed by atoms with van der Waals surface area (Å²) in [4.78, 5) is 12.6. The summed E-state index contributed by atoms with van der Waals surface area (Å²) < 4.78 is 5.22. The molecule has 4 aliphatic rings. The second kappa shape index (κ2) is 4.12. The van der Waals surface area contributed by atoms with E-state index in [0.29, 0.717) is 11.3 Å². The summed E-state index contributed by atoms with van der Waals surface area (Å²) in [5, 5.41) is 0. The lowest BCUT2D eigenvalue weighted by molar-refractivity contribution is -0.180. The standard InChI is InChI=1S/C19H24O2/c1-17-8-14-9-18(11-17,15-6-4-3-5-7-15)13-19(10-14,12-17)16(20)21-2/h3-7,14H,8-13H2,1-2H3/t14-,17+,18+,19-/m0/s1. The first-order valence-corrected chi connectivity index (χ1v) is 8.13. The first-order valence-electron chi connectivity index (χ1n) is 8.13. The Morgan fingerprint density at radius 3 is 2.52 bits per heavy atom. The zero-order valence-corrected chi connectivity index (χ0v) is 13.0. The van der Waals surface area contributed by atoms with Crippen molar-refractivity contribution in [2.75, 3.05) is 7.11 Å². The van der Waals surface area contributed by atoms with Crippen LogP contribution in [-0.2, 0) is 14.9 Å². The van der Waals surface area contributed by atoms with Gasteiger partial charge in [0.1, 0.15) is 0 Å². The van der Waals surface area contributed by atoms with Crippen molar-refractivity contribution in [1.29, 1.82) is 0 Å². The number of methoxy groups -OCH3 is 1. The maximum Gasteiger partial charge on any atom is 0.311 e. The number of carbonyl (C=O) groups is 1. The lowest BCUT2D eigenvalue weighted by Crippen LogP contribution is -2.60. The van der Waals surface area contributed by atoms with Crippen molar-refractivity contribution in [1.82, 2.24) is 0 Å². The van der Waals surface area contributed by atoms with Crippen molar-refractivity contribution in [2.45, 2.75) is 50.9 Å². The second-order valence-electron chi connectivity index (χ2n) is 8.24. The van der Waals surface area contributed by atoms with Crippen molar-refractivity contribution >= 4 is 5.97 Å². The minimum atomic E-state index is -0.223. The Labute approximate surface area is 126 Å². The van der Waals surface area contributed by atoms with Crippen molar-refractivity contribution in [3.05, 3.63) is 35.9 Å². The van der Waals surface area contributed by atoms with Crippen LogP contribution in [0.5, 0.6) is 0 Å². The van der Waals surface area contributed by atoms with E-state index < -0.39 is 0 Å². The number of rotatable bonds is 2. The quantitative estimate of drug-likeness (QED) is 0.765. The summed E-state index contributed by atoms with van der Waals surface area (Å²) in [6.07, 6.45) is 6.84. The SMILES string of the molecule is COC(=O)[C@@]12C[C@H]3C[C@@](C)(C1)C[C@](c1ccccc1)(C3)C2. The molecule has 0 unspecified atom stereocenters. The Morgan fingerprint density at radius 1 is 1.10 bits per heavy atom. The van der Waals surface area contributed by atoms with Gasteiger partial charge in [0.25, 0.3) is 0 Å². The number of esters is 1. The van der Waals surface area contributed by atoms with E-state index in [9.17, 15) is 4.79 Å². The van der Waals surface area contributed by atoms with Crippen LogP contribution in [0.25, 0.3) is 0 Å². The number of carbonyl (C=O) groups excluding carboxylic acids is 1. The van der Waals surface area contributed by atoms with Gasteiger partial charge in [-0.3, -0.25) is 4.79 Å². The molecule has 2 heteroatoms. The Morgan fingerprint density at radius 2 is 1.86 bits per heavy atom. The third-order valence-corrected chi connectivity index (χ3v) is 6.35. The summed E-state index contributed by atoms with van der Waals surface area (Å²) in [7, 11) is 1.55. The maximum atomic E-state index is 12.6. The molecule has 5 rings (SSSR count). The highest BCUT2D eigenvalue weighted by Gasteiger charge is 2.65. The van der Waals surface area contributed by atoms with E-state index in [1.807, 2.05) is 0 Å². The molecule has 4 aliphatic carbocycles. The Balaban J connectivity index is 1.82. The highest BCUT2D eigenvalue weighted by atomic mass is 16.5. The van der Waals surface area contributed by atoms with E-state index in [4.69, 9.17) is 4.74 Å². The van der Waals surface area contributed by atoms with Crippen molar-refractivity contribution in [2.24, 2.45) is 16.7 Å². The van der Waals surface area contributed by atoms with E-state index in [0.717, 1.165) is 19.3 Å². The zero-order chi connectivity index (χ0) is 14.7. The van der Waals surface area contributed by atoms with Gasteiger partial charge in [-0.05, 0) is 60.8 Å². The third-order valence-electron chi connectivity index (χ3n) is 6.35. The van der Waals surface area contributed by atoms with E-state index in [-0.39, 0.29) is 16.8 Å². The van der Waals surface area contributed by atoms with Crippen molar-refractivity contribution < 1.29 is 9.53 Å². The van der Waals surface area contributed by atoms with E-state index in [1.165, 1.54) is 24.8 Å². The Bertz CT molecular complexity index is 580. The fraction of sp³-hybridized carbons (Fsp3) is 0.632. The topological polar surface area (TPSA) is 26.3 Å². The molecule has 0 heterocycles. The van der Waals surface area contributed by atoms with Crippen LogP contribution in [0.3, 0.4) is 0 Å². The summed E-state index contributed by atoms with van der Waals surface area (Å²) in [6.45, 7) is 2.40. The average Bonchev–Trinajstić information content (AvgIpc) is 2.45. The Hall–Kier alpha value is -1.31. The molecule has 0 spiro atoms. The molecule has 0 saturated heterocycles. The molecule has 0 aliphatic heterocycles. The molecular formula is C19H24O2. The summed E-state index contributed by atoms with van der Waals surface area (Å²) >= 11 is 0. The van der Waals surface area contributed by atoms with E-state index in [2.05, 4.69) is 37.3 Å². The minimum Gasteiger partial charge on any atom is -0.469 e. The van der Waals surface area contributed by atoms with Crippen LogP contribution in [0.1, 0.15) is 51.0 Å². The van der Waals surface area contributed by atoms with Gasteiger partial charge in [-0.2, -0.15) is 0 Å². The monoisotopic (exact) mass is 284 g/mol. The highest BCUT2D eigenvalue weighted by molar-refractivity contribution is 5.78. The zero-order valence-electron chi connectivity index (χ0n) is 13.0. The van der Waals surface area contributed by atoms with Gasteiger partial charge in [-0.25, -0.2) is 0 Å². The van der Waals surface area contributed by atoms with Gasteiger partial charge in [-0.1, -0.05) is 37.3 Å². The van der Waals surface area contributed by atoms with E-state index in [1.54, 1.807) is 7.11 Å². The van der Waals surface area contributed by atoms with Crippen LogP contribution in [-0.4, -0.2) is 13.1 Å². The Kier molecular flexibility index (Phi) is 2.62. The van der Waals surface area contributed by atoms with Gasteiger partial charge in [0.05, 0.1) is 12.5 Å². The molecule has 4 fully saturated rings. The van der Waals surface area contributed by atoms with Crippen molar-refractivity contribution in [3.63, 3.8) is 0 Å². The van der Waals surface area contributed by atoms with Gasteiger partial charge in [-0.15, -0.1) is 0 Å². The van der Waals surface area contributed by atoms with Crippen LogP contribution in [0.4, 0.5) is 0 Å². The summed E-state index contributed by atoms with van der Waals surface area (Å²) in [6, 6.07) is 10.9. The summed E-state index contributed by atoms with van der Waals surface area (Å²) in [5.41, 5.74) is 1.72. The smallest absolute Gasteiger partial charge is 0.311 e.